The van der Waals surface area contributed by atoms with Crippen LogP contribution in [0.25, 0.3) is 0 Å². The number of nitrogens with one attached hydrogen (secondary N) is 1. The highest BCUT2D eigenvalue weighted by Gasteiger charge is 2.25. The quantitative estimate of drug-likeness (QED) is 0.698. The Balaban J connectivity index is 2.13. The van der Waals surface area contributed by atoms with Crippen LogP contribution in [0.3, 0.4) is 0 Å². The molecule has 0 saturated carbocycles. The van der Waals surface area contributed by atoms with Crippen LogP contribution in [0.1, 0.15) is 10.4 Å². The molecule has 90 valence electrons. The third-order valence-corrected chi connectivity index (χ3v) is 2.78. The normalized spacial score (nSPS) is 16.2. The number of carbonyl (C=O) groups excluding carboxylic acids is 2. The molecule has 0 atom stereocenters. The molecule has 1 saturated heterocycles. The largest absolute Gasteiger partial charge is 0.342 e. The highest BCUT2D eigenvalue weighted by Crippen LogP contribution is 2.06. The summed E-state index contributed by atoms with van der Waals surface area (Å²) in [5, 5.41) is 0. The highest BCUT2D eigenvalue weighted by atomic mass is 16.2. The predicted molar refractivity (Wildman–Crippen MR) is 60.6 cm³/mol. The van der Waals surface area contributed by atoms with E-state index in [0.717, 1.165) is 0 Å². The molecule has 0 radical (unpaired) electrons. The Kier molecular flexibility index (Phi) is 2.95. The number of piperazine rings is 1. The number of rotatable bonds is 1. The first-order valence-corrected chi connectivity index (χ1v) is 5.30. The molecule has 1 aliphatic heterocycles. The minimum Gasteiger partial charge on any atom is -0.342 e. The van der Waals surface area contributed by atoms with Crippen LogP contribution in [-0.4, -0.2) is 53.3 Å². The number of pyridine rings is 1. The van der Waals surface area contributed by atoms with Crippen molar-refractivity contribution in [3.05, 3.63) is 34.2 Å². The first-order valence-electron chi connectivity index (χ1n) is 5.30. The summed E-state index contributed by atoms with van der Waals surface area (Å²) in [6, 6.07) is 2.76. The minimum absolute atomic E-state index is 0.0750. The smallest absolute Gasteiger partial charge is 0.255 e. The van der Waals surface area contributed by atoms with Gasteiger partial charge in [0.1, 0.15) is 6.54 Å². The Hall–Kier alpha value is -2.11. The van der Waals surface area contributed by atoms with Gasteiger partial charge >= 0.3 is 0 Å². The predicted octanol–water partition coefficient (Wildman–Crippen LogP) is -0.711. The van der Waals surface area contributed by atoms with Gasteiger partial charge in [0.05, 0.1) is 5.56 Å². The molecule has 1 aromatic rings. The summed E-state index contributed by atoms with van der Waals surface area (Å²) < 4.78 is 0. The van der Waals surface area contributed by atoms with Crippen LogP contribution in [0.15, 0.2) is 23.1 Å². The van der Waals surface area contributed by atoms with Crippen molar-refractivity contribution < 1.29 is 9.59 Å². The van der Waals surface area contributed by atoms with Gasteiger partial charge < -0.3 is 14.8 Å². The third kappa shape index (κ3) is 2.35. The van der Waals surface area contributed by atoms with Gasteiger partial charge in [-0.3, -0.25) is 14.4 Å². The van der Waals surface area contributed by atoms with Crippen LogP contribution < -0.4 is 5.56 Å². The summed E-state index contributed by atoms with van der Waals surface area (Å²) in [6.45, 7) is 1.14. The maximum Gasteiger partial charge on any atom is 0.255 e. The van der Waals surface area contributed by atoms with Gasteiger partial charge in [0.2, 0.25) is 11.5 Å². The van der Waals surface area contributed by atoms with Crippen molar-refractivity contribution in [2.75, 3.05) is 26.7 Å². The third-order valence-electron chi connectivity index (χ3n) is 2.78. The van der Waals surface area contributed by atoms with Crippen LogP contribution in [0.4, 0.5) is 0 Å². The zero-order valence-corrected chi connectivity index (χ0v) is 9.47. The number of hydrogen-bond acceptors (Lipinski definition) is 3. The fraction of sp³-hybridized carbons (Fsp3) is 0.364. The lowest BCUT2D eigenvalue weighted by atomic mass is 10.2. The summed E-state index contributed by atoms with van der Waals surface area (Å²) >= 11 is 0. The van der Waals surface area contributed by atoms with E-state index in [1.807, 2.05) is 0 Å². The van der Waals surface area contributed by atoms with E-state index in [1.54, 1.807) is 11.9 Å². The van der Waals surface area contributed by atoms with E-state index in [9.17, 15) is 14.4 Å². The van der Waals surface area contributed by atoms with Gasteiger partial charge in [-0.15, -0.1) is 0 Å². The molecule has 0 aromatic carbocycles. The molecule has 17 heavy (non-hydrogen) atoms. The first kappa shape index (κ1) is 11.4. The second-order valence-electron chi connectivity index (χ2n) is 3.98. The van der Waals surface area contributed by atoms with Crippen LogP contribution >= 0.6 is 0 Å². The summed E-state index contributed by atoms with van der Waals surface area (Å²) in [6.07, 6.45) is 1.37. The molecule has 0 bridgehead atoms. The van der Waals surface area contributed by atoms with Gasteiger partial charge in [0.15, 0.2) is 0 Å². The van der Waals surface area contributed by atoms with Crippen molar-refractivity contribution >= 4 is 11.8 Å². The average Bonchev–Trinajstić information content (AvgIpc) is 2.33. The maximum absolute atomic E-state index is 12.0. The molecule has 0 unspecified atom stereocenters. The second-order valence-corrected chi connectivity index (χ2v) is 3.98. The van der Waals surface area contributed by atoms with E-state index in [4.69, 9.17) is 0 Å². The van der Waals surface area contributed by atoms with Crippen molar-refractivity contribution in [1.82, 2.24) is 14.8 Å². The number of H-pyrrole nitrogens is 1. The van der Waals surface area contributed by atoms with Gasteiger partial charge in [-0.2, -0.15) is 0 Å². The maximum atomic E-state index is 12.0. The number of likely N-dealkylation sites (N-methyl/N-ethyl adjacent to an activating group) is 1. The lowest BCUT2D eigenvalue weighted by Gasteiger charge is -2.31. The monoisotopic (exact) mass is 235 g/mol. The van der Waals surface area contributed by atoms with Crippen molar-refractivity contribution in [3.8, 4) is 0 Å². The number of nitrogens with zero attached hydrogens (tertiary/aromatic N) is 2. The van der Waals surface area contributed by atoms with E-state index < -0.39 is 0 Å². The molecule has 1 aliphatic rings. The van der Waals surface area contributed by atoms with Crippen LogP contribution in [-0.2, 0) is 4.79 Å². The van der Waals surface area contributed by atoms with E-state index in [2.05, 4.69) is 4.98 Å². The molecular weight excluding hydrogens is 222 g/mol. The fourth-order valence-electron chi connectivity index (χ4n) is 1.66. The zero-order valence-electron chi connectivity index (χ0n) is 9.47. The average molecular weight is 235 g/mol. The molecule has 6 nitrogen and oxygen atoms in total. The minimum atomic E-state index is -0.254. The van der Waals surface area contributed by atoms with Gasteiger partial charge in [0, 0.05) is 32.4 Å². The number of aromatic nitrogens is 1. The molecule has 1 N–H and O–H groups in total. The Morgan fingerprint density at radius 3 is 2.65 bits per heavy atom. The molecular formula is C11H13N3O3. The summed E-state index contributed by atoms with van der Waals surface area (Å²) in [7, 11) is 1.71. The van der Waals surface area contributed by atoms with Crippen molar-refractivity contribution in [2.45, 2.75) is 0 Å². The molecule has 1 aromatic heterocycles. The fourth-order valence-corrected chi connectivity index (χ4v) is 1.66. The topological polar surface area (TPSA) is 73.5 Å². The van der Waals surface area contributed by atoms with Crippen LogP contribution in [0, 0.1) is 0 Å². The van der Waals surface area contributed by atoms with Crippen LogP contribution in [0.5, 0.6) is 0 Å². The van der Waals surface area contributed by atoms with Crippen LogP contribution in [0.2, 0.25) is 0 Å². The van der Waals surface area contributed by atoms with Crippen molar-refractivity contribution in [2.24, 2.45) is 0 Å². The molecule has 0 spiro atoms. The Morgan fingerprint density at radius 1 is 1.29 bits per heavy atom. The molecule has 2 heterocycles. The van der Waals surface area contributed by atoms with Crippen molar-refractivity contribution in [3.63, 3.8) is 0 Å². The Labute approximate surface area is 97.8 Å². The van der Waals surface area contributed by atoms with E-state index in [1.165, 1.54) is 23.2 Å². The van der Waals surface area contributed by atoms with E-state index >= 15 is 0 Å². The van der Waals surface area contributed by atoms with Gasteiger partial charge in [-0.05, 0) is 6.07 Å². The standard InChI is InChI=1S/C11H13N3O3/c1-13-4-5-14(7-10(13)16)11(17)8-2-3-9(15)12-6-8/h2-3,6H,4-5,7H2,1H3,(H,12,15). The van der Waals surface area contributed by atoms with Gasteiger partial charge in [-0.1, -0.05) is 0 Å². The Bertz CT molecular complexity index is 488. The number of amides is 2. The second kappa shape index (κ2) is 4.40. The SMILES string of the molecule is CN1CCN(C(=O)c2ccc(=O)[nH]c2)CC1=O. The molecule has 0 aliphatic carbocycles. The molecule has 6 heteroatoms. The van der Waals surface area contributed by atoms with Gasteiger partial charge in [-0.25, -0.2) is 0 Å². The lowest BCUT2D eigenvalue weighted by Crippen LogP contribution is -2.50. The number of aromatic amines is 1. The molecule has 2 rings (SSSR count). The molecule has 2 amide bonds. The highest BCUT2D eigenvalue weighted by molar-refractivity contribution is 5.96. The summed E-state index contributed by atoms with van der Waals surface area (Å²) in [5.74, 6) is -0.309. The number of hydrogen-bond donors (Lipinski definition) is 1. The summed E-state index contributed by atoms with van der Waals surface area (Å²) in [4.78, 5) is 39.9. The first-order chi connectivity index (χ1) is 8.08. The van der Waals surface area contributed by atoms with E-state index in [-0.39, 0.29) is 23.9 Å². The van der Waals surface area contributed by atoms with E-state index in [0.29, 0.717) is 18.7 Å². The number of carbonyl (C=O) groups is 2. The lowest BCUT2D eigenvalue weighted by molar-refractivity contribution is -0.133. The summed E-state index contributed by atoms with van der Waals surface area (Å²) in [5.41, 5.74) is 0.137. The Morgan fingerprint density at radius 2 is 2.06 bits per heavy atom. The molecule has 1 fully saturated rings. The zero-order chi connectivity index (χ0) is 12.4. The van der Waals surface area contributed by atoms with Crippen molar-refractivity contribution in [1.29, 1.82) is 0 Å². The van der Waals surface area contributed by atoms with Gasteiger partial charge in [0.25, 0.3) is 5.91 Å².